The second-order valence-electron chi connectivity index (χ2n) is 8.58. The van der Waals surface area contributed by atoms with E-state index in [1.54, 1.807) is 7.11 Å². The first kappa shape index (κ1) is 22.1. The lowest BCUT2D eigenvalue weighted by Crippen LogP contribution is -2.38. The van der Waals surface area contributed by atoms with Gasteiger partial charge in [-0.15, -0.1) is 0 Å². The zero-order valence-electron chi connectivity index (χ0n) is 19.1. The number of hydrogen-bond donors (Lipinski definition) is 1. The summed E-state index contributed by atoms with van der Waals surface area (Å²) in [5.74, 6) is 1.20. The van der Waals surface area contributed by atoms with E-state index in [0.717, 1.165) is 35.2 Å². The molecule has 0 saturated heterocycles. The van der Waals surface area contributed by atoms with Crippen molar-refractivity contribution < 1.29 is 19.1 Å². The quantitative estimate of drug-likeness (QED) is 0.664. The van der Waals surface area contributed by atoms with E-state index in [2.05, 4.69) is 43.4 Å². The molecule has 168 valence electrons. The van der Waals surface area contributed by atoms with E-state index in [1.807, 2.05) is 18.2 Å². The van der Waals surface area contributed by atoms with Gasteiger partial charge in [0.25, 0.3) is 0 Å². The molecule has 2 unspecified atom stereocenters. The number of methoxy groups -OCH3 is 1. The molecule has 0 bridgehead atoms. The first-order valence-electron chi connectivity index (χ1n) is 11.5. The van der Waals surface area contributed by atoms with Gasteiger partial charge in [-0.2, -0.15) is 0 Å². The smallest absolute Gasteiger partial charge is 0.225 e. The molecule has 2 aromatic carbocycles. The number of Topliss-reactive ketones (excluding diaryl/α,β-unsaturated/α-hetero) is 1. The van der Waals surface area contributed by atoms with Gasteiger partial charge in [-0.25, -0.2) is 0 Å². The van der Waals surface area contributed by atoms with Crippen LogP contribution in [0.5, 0.6) is 11.5 Å². The largest absolute Gasteiger partial charge is 0.493 e. The summed E-state index contributed by atoms with van der Waals surface area (Å²) in [5, 5.41) is 3.00. The van der Waals surface area contributed by atoms with Gasteiger partial charge in [-0.05, 0) is 54.0 Å². The van der Waals surface area contributed by atoms with Crippen LogP contribution in [0.3, 0.4) is 0 Å². The molecule has 1 heterocycles. The number of carbonyl (C=O) groups is 2. The summed E-state index contributed by atoms with van der Waals surface area (Å²) in [6, 6.07) is 14.2. The number of carbonyl (C=O) groups excluding carboxylic acids is 2. The Morgan fingerprint density at radius 2 is 1.69 bits per heavy atom. The van der Waals surface area contributed by atoms with Crippen molar-refractivity contribution in [1.82, 2.24) is 5.32 Å². The summed E-state index contributed by atoms with van der Waals surface area (Å²) in [5.41, 5.74) is 4.86. The lowest BCUT2D eigenvalue weighted by Gasteiger charge is -2.34. The molecule has 2 atom stereocenters. The van der Waals surface area contributed by atoms with Crippen molar-refractivity contribution >= 4 is 11.7 Å². The van der Waals surface area contributed by atoms with E-state index in [-0.39, 0.29) is 29.9 Å². The molecule has 1 aliphatic heterocycles. The molecule has 2 aromatic rings. The number of ether oxygens (including phenoxy) is 2. The molecule has 5 heteroatoms. The van der Waals surface area contributed by atoms with Crippen LogP contribution < -0.4 is 14.8 Å². The Morgan fingerprint density at radius 1 is 0.938 bits per heavy atom. The molecule has 0 radical (unpaired) electrons. The minimum atomic E-state index is -0.260. The number of hydrogen-bond acceptors (Lipinski definition) is 4. The fourth-order valence-electron chi connectivity index (χ4n) is 4.74. The van der Waals surface area contributed by atoms with Gasteiger partial charge in [0, 0.05) is 30.0 Å². The van der Waals surface area contributed by atoms with E-state index in [9.17, 15) is 9.59 Å². The Labute approximate surface area is 189 Å². The van der Waals surface area contributed by atoms with Crippen LogP contribution in [0.2, 0.25) is 0 Å². The number of rotatable bonds is 7. The summed E-state index contributed by atoms with van der Waals surface area (Å²) in [6.07, 6.45) is 3.29. The molecule has 0 saturated carbocycles. The number of aryl methyl sites for hydroxylation is 1. The highest BCUT2D eigenvalue weighted by Gasteiger charge is 2.38. The summed E-state index contributed by atoms with van der Waals surface area (Å²) >= 11 is 0. The van der Waals surface area contributed by atoms with Crippen LogP contribution in [0.25, 0.3) is 0 Å². The zero-order valence-corrected chi connectivity index (χ0v) is 19.1. The van der Waals surface area contributed by atoms with Gasteiger partial charge in [0.1, 0.15) is 0 Å². The lowest BCUT2D eigenvalue weighted by molar-refractivity contribution is -0.122. The normalized spacial score (nSPS) is 20.6. The Morgan fingerprint density at radius 3 is 2.38 bits per heavy atom. The van der Waals surface area contributed by atoms with Crippen LogP contribution in [-0.2, 0) is 16.0 Å². The number of benzene rings is 2. The Kier molecular flexibility index (Phi) is 6.63. The first-order valence-corrected chi connectivity index (χ1v) is 11.5. The summed E-state index contributed by atoms with van der Waals surface area (Å²) < 4.78 is 11.3. The van der Waals surface area contributed by atoms with E-state index < -0.39 is 0 Å². The number of amides is 1. The molecule has 1 amide bonds. The van der Waals surface area contributed by atoms with Crippen LogP contribution in [0.15, 0.2) is 53.7 Å². The van der Waals surface area contributed by atoms with E-state index in [0.29, 0.717) is 30.9 Å². The van der Waals surface area contributed by atoms with E-state index in [4.69, 9.17) is 9.47 Å². The van der Waals surface area contributed by atoms with Crippen molar-refractivity contribution in [1.29, 1.82) is 0 Å². The van der Waals surface area contributed by atoms with Gasteiger partial charge in [0.2, 0.25) is 5.91 Å². The maximum absolute atomic E-state index is 13.3. The average Bonchev–Trinajstić information content (AvgIpc) is 2.81. The van der Waals surface area contributed by atoms with Crippen LogP contribution >= 0.6 is 0 Å². The van der Waals surface area contributed by atoms with Crippen molar-refractivity contribution in [2.75, 3.05) is 13.7 Å². The van der Waals surface area contributed by atoms with Gasteiger partial charge < -0.3 is 14.8 Å². The Bertz CT molecular complexity index is 1040. The number of nitrogens with one attached hydrogen (secondary N) is 1. The fourth-order valence-corrected chi connectivity index (χ4v) is 4.74. The van der Waals surface area contributed by atoms with E-state index in [1.165, 1.54) is 5.56 Å². The predicted octanol–water partition coefficient (Wildman–Crippen LogP) is 5.05. The third-order valence-electron chi connectivity index (χ3n) is 6.45. The molecule has 0 spiro atoms. The van der Waals surface area contributed by atoms with Crippen LogP contribution in [0, 0.1) is 0 Å². The van der Waals surface area contributed by atoms with Crippen LogP contribution in [-0.4, -0.2) is 25.4 Å². The fraction of sp³-hybridized carbons (Fsp3) is 0.407. The monoisotopic (exact) mass is 433 g/mol. The van der Waals surface area contributed by atoms with Crippen molar-refractivity contribution in [3.63, 3.8) is 0 Å². The third-order valence-corrected chi connectivity index (χ3v) is 6.45. The molecule has 2 aliphatic rings. The number of allylic oxidation sites excluding steroid dienone is 2. The van der Waals surface area contributed by atoms with Crippen LogP contribution in [0.4, 0.5) is 0 Å². The molecule has 0 aromatic heterocycles. The maximum Gasteiger partial charge on any atom is 0.225 e. The number of ketones is 1. The highest BCUT2D eigenvalue weighted by atomic mass is 16.5. The molecule has 4 rings (SSSR count). The minimum Gasteiger partial charge on any atom is -0.493 e. The van der Waals surface area contributed by atoms with E-state index >= 15 is 0 Å². The van der Waals surface area contributed by atoms with Gasteiger partial charge in [-0.3, -0.25) is 9.59 Å². The third kappa shape index (κ3) is 4.43. The molecule has 0 fully saturated rings. The highest BCUT2D eigenvalue weighted by molar-refractivity contribution is 6.02. The predicted molar refractivity (Wildman–Crippen MR) is 124 cm³/mol. The summed E-state index contributed by atoms with van der Waals surface area (Å²) in [6.45, 7) is 4.79. The molecule has 1 N–H and O–H groups in total. The maximum atomic E-state index is 13.3. The molecule has 1 aliphatic carbocycles. The SMILES string of the molecule is CCCOc1ccc(C2CC(=O)NC3=C2C(=O)CC(c2ccc(CC)cc2)C3)cc1OC. The Hall–Kier alpha value is -3.08. The van der Waals surface area contributed by atoms with Crippen molar-refractivity contribution in [2.24, 2.45) is 0 Å². The van der Waals surface area contributed by atoms with Crippen molar-refractivity contribution in [2.45, 2.75) is 57.8 Å². The van der Waals surface area contributed by atoms with Crippen molar-refractivity contribution in [3.8, 4) is 11.5 Å². The minimum absolute atomic E-state index is 0.0474. The highest BCUT2D eigenvalue weighted by Crippen LogP contribution is 2.44. The molecule has 5 nitrogen and oxygen atoms in total. The van der Waals surface area contributed by atoms with Gasteiger partial charge in [0.05, 0.1) is 13.7 Å². The summed E-state index contributed by atoms with van der Waals surface area (Å²) in [4.78, 5) is 25.9. The molecular formula is C27H31NO4. The van der Waals surface area contributed by atoms with Crippen molar-refractivity contribution in [3.05, 3.63) is 70.4 Å². The summed E-state index contributed by atoms with van der Waals surface area (Å²) in [7, 11) is 1.61. The second-order valence-corrected chi connectivity index (χ2v) is 8.58. The average molecular weight is 434 g/mol. The standard InChI is InChI=1S/C27H31NO4/c1-4-12-32-24-11-10-19(15-25(24)31-3)21-16-26(30)28-22-13-20(14-23(29)27(21)22)18-8-6-17(5-2)7-9-18/h6-11,15,20-21H,4-5,12-14,16H2,1-3H3,(H,28,30). The lowest BCUT2D eigenvalue weighted by atomic mass is 9.73. The molecule has 32 heavy (non-hydrogen) atoms. The Balaban J connectivity index is 1.65. The van der Waals surface area contributed by atoms with Crippen LogP contribution in [0.1, 0.15) is 68.1 Å². The van der Waals surface area contributed by atoms with Gasteiger partial charge in [0.15, 0.2) is 17.3 Å². The zero-order chi connectivity index (χ0) is 22.7. The van der Waals surface area contributed by atoms with Gasteiger partial charge in [-0.1, -0.05) is 44.2 Å². The molecular weight excluding hydrogens is 402 g/mol. The second kappa shape index (κ2) is 9.60. The topological polar surface area (TPSA) is 64.6 Å². The van der Waals surface area contributed by atoms with Gasteiger partial charge >= 0.3 is 0 Å². The first-order chi connectivity index (χ1) is 15.5.